The number of aryl methyl sites for hydroxylation is 1. The molecule has 1 amide bonds. The van der Waals surface area contributed by atoms with Crippen LogP contribution >= 0.6 is 11.6 Å². The zero-order valence-electron chi connectivity index (χ0n) is 10.3. The standard InChI is InChI=1S/C14H13ClN2O2/c1-8-2-5-13(18)10(6-8)14(19)17-12-4-3-9(15)7-11(12)16/h2-7,18H,16H2,1H3,(H,17,19). The zero-order valence-corrected chi connectivity index (χ0v) is 11.0. The Bertz CT molecular complexity index is 641. The quantitative estimate of drug-likeness (QED) is 0.737. The van der Waals surface area contributed by atoms with Crippen molar-refractivity contribution in [3.8, 4) is 5.75 Å². The second kappa shape index (κ2) is 5.20. The maximum Gasteiger partial charge on any atom is 0.259 e. The summed E-state index contributed by atoms with van der Waals surface area (Å²) >= 11 is 5.78. The number of anilines is 2. The maximum absolute atomic E-state index is 12.1. The third kappa shape index (κ3) is 2.98. The van der Waals surface area contributed by atoms with E-state index in [0.717, 1.165) is 5.56 Å². The molecule has 2 aromatic carbocycles. The van der Waals surface area contributed by atoms with Crippen LogP contribution in [0, 0.1) is 6.92 Å². The Morgan fingerprint density at radius 2 is 2.00 bits per heavy atom. The van der Waals surface area contributed by atoms with Crippen LogP contribution < -0.4 is 11.1 Å². The minimum absolute atomic E-state index is 0.0735. The molecule has 0 saturated heterocycles. The van der Waals surface area contributed by atoms with Gasteiger partial charge in [0.15, 0.2) is 0 Å². The number of benzene rings is 2. The van der Waals surface area contributed by atoms with E-state index in [4.69, 9.17) is 17.3 Å². The van der Waals surface area contributed by atoms with E-state index in [1.54, 1.807) is 30.3 Å². The van der Waals surface area contributed by atoms with Gasteiger partial charge in [0.1, 0.15) is 5.75 Å². The Hall–Kier alpha value is -2.20. The minimum Gasteiger partial charge on any atom is -0.507 e. The first-order valence-electron chi connectivity index (χ1n) is 5.63. The Balaban J connectivity index is 2.28. The van der Waals surface area contributed by atoms with Gasteiger partial charge in [-0.25, -0.2) is 0 Å². The number of carbonyl (C=O) groups excluding carboxylic acids is 1. The van der Waals surface area contributed by atoms with Crippen LogP contribution in [0.2, 0.25) is 5.02 Å². The molecule has 0 radical (unpaired) electrons. The highest BCUT2D eigenvalue weighted by Gasteiger charge is 2.12. The lowest BCUT2D eigenvalue weighted by atomic mass is 10.1. The molecule has 2 rings (SSSR count). The first-order valence-corrected chi connectivity index (χ1v) is 6.01. The monoisotopic (exact) mass is 276 g/mol. The SMILES string of the molecule is Cc1ccc(O)c(C(=O)Nc2ccc(Cl)cc2N)c1. The highest BCUT2D eigenvalue weighted by Crippen LogP contribution is 2.25. The normalized spacial score (nSPS) is 10.2. The van der Waals surface area contributed by atoms with Gasteiger partial charge < -0.3 is 16.2 Å². The molecule has 0 unspecified atom stereocenters. The predicted molar refractivity (Wildman–Crippen MR) is 76.7 cm³/mol. The lowest BCUT2D eigenvalue weighted by Gasteiger charge is -2.10. The van der Waals surface area contributed by atoms with E-state index in [1.807, 2.05) is 6.92 Å². The molecule has 0 aromatic heterocycles. The van der Waals surface area contributed by atoms with Crippen molar-refractivity contribution in [1.29, 1.82) is 0 Å². The van der Waals surface area contributed by atoms with E-state index in [2.05, 4.69) is 5.32 Å². The Morgan fingerprint density at radius 1 is 1.26 bits per heavy atom. The van der Waals surface area contributed by atoms with Crippen LogP contribution in [0.4, 0.5) is 11.4 Å². The van der Waals surface area contributed by atoms with Gasteiger partial charge in [-0.05, 0) is 37.3 Å². The van der Waals surface area contributed by atoms with Gasteiger partial charge in [-0.1, -0.05) is 23.2 Å². The van der Waals surface area contributed by atoms with Gasteiger partial charge in [0.2, 0.25) is 0 Å². The smallest absolute Gasteiger partial charge is 0.259 e. The minimum atomic E-state index is -0.421. The summed E-state index contributed by atoms with van der Waals surface area (Å²) in [5.41, 5.74) is 7.66. The van der Waals surface area contributed by atoms with Crippen molar-refractivity contribution in [1.82, 2.24) is 0 Å². The maximum atomic E-state index is 12.1. The van der Waals surface area contributed by atoms with Crippen molar-refractivity contribution in [3.63, 3.8) is 0 Å². The van der Waals surface area contributed by atoms with Gasteiger partial charge >= 0.3 is 0 Å². The fourth-order valence-corrected chi connectivity index (χ4v) is 1.85. The molecule has 0 atom stereocenters. The number of hydrogen-bond acceptors (Lipinski definition) is 3. The van der Waals surface area contributed by atoms with Crippen LogP contribution in [-0.2, 0) is 0 Å². The van der Waals surface area contributed by atoms with Gasteiger partial charge in [0.05, 0.1) is 16.9 Å². The molecule has 0 aliphatic rings. The second-order valence-corrected chi connectivity index (χ2v) is 4.64. The summed E-state index contributed by atoms with van der Waals surface area (Å²) in [6.07, 6.45) is 0. The fraction of sp³-hybridized carbons (Fsp3) is 0.0714. The summed E-state index contributed by atoms with van der Waals surface area (Å²) in [5.74, 6) is -0.495. The average molecular weight is 277 g/mol. The number of halogens is 1. The molecule has 0 aliphatic heterocycles. The number of amides is 1. The van der Waals surface area contributed by atoms with E-state index < -0.39 is 5.91 Å². The molecule has 4 N–H and O–H groups in total. The third-order valence-corrected chi connectivity index (χ3v) is 2.89. The van der Waals surface area contributed by atoms with Gasteiger partial charge in [0, 0.05) is 5.02 Å². The molecule has 0 heterocycles. The Morgan fingerprint density at radius 3 is 2.68 bits per heavy atom. The van der Waals surface area contributed by atoms with Crippen molar-refractivity contribution < 1.29 is 9.90 Å². The molecule has 0 aliphatic carbocycles. The van der Waals surface area contributed by atoms with Crippen molar-refractivity contribution in [2.45, 2.75) is 6.92 Å². The summed E-state index contributed by atoms with van der Waals surface area (Å²) in [6.45, 7) is 1.84. The predicted octanol–water partition coefficient (Wildman–Crippen LogP) is 3.19. The summed E-state index contributed by atoms with van der Waals surface area (Å²) in [4.78, 5) is 12.1. The molecule has 0 bridgehead atoms. The van der Waals surface area contributed by atoms with Crippen LogP contribution in [0.5, 0.6) is 5.75 Å². The lowest BCUT2D eigenvalue weighted by Crippen LogP contribution is -2.13. The van der Waals surface area contributed by atoms with Gasteiger partial charge in [-0.15, -0.1) is 0 Å². The Kier molecular flexibility index (Phi) is 3.62. The molecule has 0 fully saturated rings. The van der Waals surface area contributed by atoms with Crippen LogP contribution in [0.3, 0.4) is 0 Å². The highest BCUT2D eigenvalue weighted by molar-refractivity contribution is 6.31. The van der Waals surface area contributed by atoms with E-state index in [9.17, 15) is 9.90 Å². The first-order chi connectivity index (χ1) is 8.97. The second-order valence-electron chi connectivity index (χ2n) is 4.21. The van der Waals surface area contributed by atoms with E-state index in [1.165, 1.54) is 6.07 Å². The molecule has 5 heteroatoms. The van der Waals surface area contributed by atoms with Crippen LogP contribution in [-0.4, -0.2) is 11.0 Å². The number of rotatable bonds is 2. The van der Waals surface area contributed by atoms with E-state index in [-0.39, 0.29) is 11.3 Å². The number of nitrogens with one attached hydrogen (secondary N) is 1. The molecular weight excluding hydrogens is 264 g/mol. The summed E-state index contributed by atoms with van der Waals surface area (Å²) < 4.78 is 0. The molecule has 0 saturated carbocycles. The fourth-order valence-electron chi connectivity index (χ4n) is 1.67. The highest BCUT2D eigenvalue weighted by atomic mass is 35.5. The molecule has 2 aromatic rings. The third-order valence-electron chi connectivity index (χ3n) is 2.66. The average Bonchev–Trinajstić information content (AvgIpc) is 2.35. The molecular formula is C14H13ClN2O2. The number of aromatic hydroxyl groups is 1. The number of phenols is 1. The van der Waals surface area contributed by atoms with Crippen molar-refractivity contribution in [3.05, 3.63) is 52.5 Å². The number of nitrogen functional groups attached to an aromatic ring is 1. The molecule has 19 heavy (non-hydrogen) atoms. The molecule has 98 valence electrons. The number of nitrogens with two attached hydrogens (primary N) is 1. The largest absolute Gasteiger partial charge is 0.507 e. The van der Waals surface area contributed by atoms with Crippen molar-refractivity contribution >= 4 is 28.9 Å². The van der Waals surface area contributed by atoms with Crippen LogP contribution in [0.25, 0.3) is 0 Å². The van der Waals surface area contributed by atoms with Crippen LogP contribution in [0.15, 0.2) is 36.4 Å². The number of carbonyl (C=O) groups is 1. The van der Waals surface area contributed by atoms with E-state index in [0.29, 0.717) is 16.4 Å². The van der Waals surface area contributed by atoms with Gasteiger partial charge in [0.25, 0.3) is 5.91 Å². The molecule has 0 spiro atoms. The summed E-state index contributed by atoms with van der Waals surface area (Å²) in [7, 11) is 0. The Labute approximate surface area is 115 Å². The van der Waals surface area contributed by atoms with Crippen molar-refractivity contribution in [2.75, 3.05) is 11.1 Å². The van der Waals surface area contributed by atoms with Gasteiger partial charge in [-0.2, -0.15) is 0 Å². The molecule has 4 nitrogen and oxygen atoms in total. The van der Waals surface area contributed by atoms with Gasteiger partial charge in [-0.3, -0.25) is 4.79 Å². The zero-order chi connectivity index (χ0) is 14.0. The van der Waals surface area contributed by atoms with Crippen molar-refractivity contribution in [2.24, 2.45) is 0 Å². The topological polar surface area (TPSA) is 75.3 Å². The summed E-state index contributed by atoms with van der Waals surface area (Å²) in [5, 5.41) is 12.8. The van der Waals surface area contributed by atoms with E-state index >= 15 is 0 Å². The first kappa shape index (κ1) is 13.2. The summed E-state index contributed by atoms with van der Waals surface area (Å²) in [6, 6.07) is 9.61. The number of phenolic OH excluding ortho intramolecular Hbond substituents is 1. The van der Waals surface area contributed by atoms with Crippen LogP contribution in [0.1, 0.15) is 15.9 Å². The lowest BCUT2D eigenvalue weighted by molar-refractivity contribution is 0.102. The number of hydrogen-bond donors (Lipinski definition) is 3.